The van der Waals surface area contributed by atoms with Gasteiger partial charge in [0.05, 0.1) is 42.7 Å². The molecular weight excluding hydrogens is 765 g/mol. The number of amides is 1. The smallest absolute Gasteiger partial charge is 0.306 e. The van der Waals surface area contributed by atoms with Crippen LogP contribution >= 0.6 is 34.8 Å². The number of aliphatic carboxylic acids is 2. The summed E-state index contributed by atoms with van der Waals surface area (Å²) in [7, 11) is 1.46. The molecule has 17 heteroatoms. The fourth-order valence-electron chi connectivity index (χ4n) is 6.06. The molecular formula is C37H38Cl3N5O9. The van der Waals surface area contributed by atoms with E-state index in [0.29, 0.717) is 29.5 Å². The van der Waals surface area contributed by atoms with Crippen molar-refractivity contribution in [2.45, 2.75) is 57.1 Å². The number of benzene rings is 2. The molecule has 0 fully saturated rings. The zero-order valence-electron chi connectivity index (χ0n) is 28.9. The highest BCUT2D eigenvalue weighted by atomic mass is 35.5. The number of methoxy groups -OCH3 is 1. The molecule has 2 heterocycles. The predicted molar refractivity (Wildman–Crippen MR) is 202 cm³/mol. The number of carboxylic acids is 2. The van der Waals surface area contributed by atoms with Gasteiger partial charge in [0, 0.05) is 42.9 Å². The molecule has 2 aromatic heterocycles. The Hall–Kier alpha value is -4.54. The van der Waals surface area contributed by atoms with Crippen LogP contribution in [0.5, 0.6) is 11.8 Å². The Morgan fingerprint density at radius 3 is 2.15 bits per heavy atom. The second kappa shape index (κ2) is 18.7. The third-order valence-corrected chi connectivity index (χ3v) is 9.56. The molecule has 3 atom stereocenters. The average molecular weight is 803 g/mol. The van der Waals surface area contributed by atoms with Crippen molar-refractivity contribution in [2.24, 2.45) is 0 Å². The van der Waals surface area contributed by atoms with E-state index in [1.54, 1.807) is 30.3 Å². The van der Waals surface area contributed by atoms with Crippen LogP contribution < -0.4 is 25.4 Å². The maximum Gasteiger partial charge on any atom is 0.306 e. The fraction of sp³-hybridized carbons (Fsp3) is 0.324. The lowest BCUT2D eigenvalue weighted by molar-refractivity contribution is -0.140. The Bertz CT molecular complexity index is 2020. The third kappa shape index (κ3) is 10.4. The highest BCUT2D eigenvalue weighted by Gasteiger charge is 2.29. The molecule has 286 valence electrons. The van der Waals surface area contributed by atoms with Crippen molar-refractivity contribution in [3.8, 4) is 22.9 Å². The van der Waals surface area contributed by atoms with Crippen molar-refractivity contribution in [3.63, 3.8) is 0 Å². The molecule has 0 aliphatic heterocycles. The summed E-state index contributed by atoms with van der Waals surface area (Å²) in [5.74, 6) is -2.06. The lowest BCUT2D eigenvalue weighted by atomic mass is 9.95. The number of aliphatic hydroxyl groups is 2. The topological polar surface area (TPSA) is 212 Å². The van der Waals surface area contributed by atoms with Gasteiger partial charge in [-0.1, -0.05) is 71.2 Å². The lowest BCUT2D eigenvalue weighted by Gasteiger charge is -2.18. The first-order valence-corrected chi connectivity index (χ1v) is 18.0. The first-order valence-electron chi connectivity index (χ1n) is 16.8. The van der Waals surface area contributed by atoms with Crippen molar-refractivity contribution in [3.05, 3.63) is 97.6 Å². The summed E-state index contributed by atoms with van der Waals surface area (Å²) in [6.45, 7) is 0.552. The van der Waals surface area contributed by atoms with Crippen LogP contribution in [0.15, 0.2) is 54.6 Å². The molecule has 0 saturated heterocycles. The Morgan fingerprint density at radius 2 is 1.50 bits per heavy atom. The minimum absolute atomic E-state index is 0.0510. The van der Waals surface area contributed by atoms with Crippen molar-refractivity contribution in [1.82, 2.24) is 20.6 Å². The van der Waals surface area contributed by atoms with Crippen LogP contribution in [0.4, 0.5) is 5.82 Å². The molecule has 0 bridgehead atoms. The molecule has 0 saturated carbocycles. The summed E-state index contributed by atoms with van der Waals surface area (Å²) in [6.07, 6.45) is -1.99. The van der Waals surface area contributed by atoms with Crippen molar-refractivity contribution in [1.29, 1.82) is 0 Å². The Balaban J connectivity index is 1.27. The molecule has 1 amide bonds. The van der Waals surface area contributed by atoms with E-state index >= 15 is 0 Å². The number of carbonyl (C=O) groups is 3. The number of halogens is 3. The zero-order valence-corrected chi connectivity index (χ0v) is 31.2. The van der Waals surface area contributed by atoms with Gasteiger partial charge in [-0.15, -0.1) is 0 Å². The first kappa shape index (κ1) is 40.6. The van der Waals surface area contributed by atoms with E-state index < -0.39 is 30.1 Å². The number of rotatable bonds is 18. The van der Waals surface area contributed by atoms with Gasteiger partial charge < -0.3 is 45.9 Å². The second-order valence-electron chi connectivity index (χ2n) is 12.5. The minimum atomic E-state index is -1.10. The molecule has 4 aromatic rings. The summed E-state index contributed by atoms with van der Waals surface area (Å²) in [4.78, 5) is 43.7. The van der Waals surface area contributed by atoms with Gasteiger partial charge in [0.2, 0.25) is 11.8 Å². The third-order valence-electron chi connectivity index (χ3n) is 8.56. The van der Waals surface area contributed by atoms with Crippen LogP contribution in [0, 0.1) is 0 Å². The Labute approximate surface area is 325 Å². The lowest BCUT2D eigenvalue weighted by Crippen LogP contribution is -2.28. The van der Waals surface area contributed by atoms with Crippen molar-refractivity contribution < 1.29 is 44.3 Å². The standard InChI is InChI=1S/C37H38Cl3N5O9/c1-53-36-20(16-42-18-22(47)14-32(50)51)12-28(38)37(45-36)54-29-10-9-24-23(4-2-5-25(24)29)26-6-3-7-27(33(26)39)35(52)44-30-11-8-19(34(40)43-30)15-41-17-21(46)13-31(48)49/h2-8,11-12,21-22,29,41-42,46-47H,9-10,13-18H2,1H3,(H,48,49)(H,50,51)(H,43,44,52)/t21-,22-,29-/m0/s1. The van der Waals surface area contributed by atoms with Crippen LogP contribution in [0.2, 0.25) is 15.2 Å². The number of nitrogens with one attached hydrogen (secondary N) is 3. The van der Waals surface area contributed by atoms with Crippen LogP contribution in [-0.2, 0) is 29.1 Å². The van der Waals surface area contributed by atoms with E-state index in [1.807, 2.05) is 24.3 Å². The van der Waals surface area contributed by atoms with Crippen molar-refractivity contribution >= 4 is 58.5 Å². The average Bonchev–Trinajstić information content (AvgIpc) is 3.52. The maximum absolute atomic E-state index is 13.4. The van der Waals surface area contributed by atoms with Crippen LogP contribution in [0.1, 0.15) is 58.0 Å². The molecule has 14 nitrogen and oxygen atoms in total. The summed E-state index contributed by atoms with van der Waals surface area (Å²) in [6, 6.07) is 15.9. The number of hydrogen-bond donors (Lipinski definition) is 7. The molecule has 0 spiro atoms. The normalized spacial score (nSPS) is 14.6. The number of ether oxygens (including phenoxy) is 2. The minimum Gasteiger partial charge on any atom is -0.481 e. The largest absolute Gasteiger partial charge is 0.481 e. The molecule has 7 N–H and O–H groups in total. The van der Waals surface area contributed by atoms with Crippen LogP contribution in [0.3, 0.4) is 0 Å². The number of aromatic nitrogens is 2. The summed E-state index contributed by atoms with van der Waals surface area (Å²) < 4.78 is 11.8. The van der Waals surface area contributed by atoms with Gasteiger partial charge in [0.1, 0.15) is 22.1 Å². The van der Waals surface area contributed by atoms with Gasteiger partial charge in [0.15, 0.2) is 0 Å². The molecule has 2 aromatic carbocycles. The number of carbonyl (C=O) groups excluding carboxylic acids is 1. The molecule has 1 aliphatic rings. The number of hydrogen-bond acceptors (Lipinski definition) is 11. The number of fused-ring (bicyclic) bond motifs is 1. The van der Waals surface area contributed by atoms with Gasteiger partial charge in [-0.2, -0.15) is 4.98 Å². The van der Waals surface area contributed by atoms with Crippen LogP contribution in [-0.4, -0.2) is 80.6 Å². The Kier molecular flexibility index (Phi) is 14.1. The highest BCUT2D eigenvalue weighted by molar-refractivity contribution is 6.37. The van der Waals surface area contributed by atoms with Crippen molar-refractivity contribution in [2.75, 3.05) is 25.5 Å². The number of aliphatic hydroxyl groups excluding tert-OH is 2. The van der Waals surface area contributed by atoms with Gasteiger partial charge in [-0.25, -0.2) is 4.98 Å². The summed E-state index contributed by atoms with van der Waals surface area (Å²) in [5.41, 5.74) is 4.82. The molecule has 1 aliphatic carbocycles. The fourth-order valence-corrected chi connectivity index (χ4v) is 6.82. The quantitative estimate of drug-likeness (QED) is 0.0639. The van der Waals surface area contributed by atoms with Gasteiger partial charge in [-0.3, -0.25) is 14.4 Å². The highest BCUT2D eigenvalue weighted by Crippen LogP contribution is 2.43. The van der Waals surface area contributed by atoms with E-state index in [4.69, 9.17) is 54.5 Å². The van der Waals surface area contributed by atoms with E-state index in [2.05, 4.69) is 25.9 Å². The van der Waals surface area contributed by atoms with Gasteiger partial charge >= 0.3 is 11.9 Å². The predicted octanol–water partition coefficient (Wildman–Crippen LogP) is 5.28. The molecule has 5 rings (SSSR count). The van der Waals surface area contributed by atoms with E-state index in [1.165, 1.54) is 7.11 Å². The number of anilines is 1. The van der Waals surface area contributed by atoms with E-state index in [-0.39, 0.29) is 83.5 Å². The monoisotopic (exact) mass is 801 g/mol. The zero-order chi connectivity index (χ0) is 38.9. The first-order chi connectivity index (χ1) is 25.8. The SMILES string of the molecule is COc1nc(O[C@H]2CCc3c(-c4cccc(C(=O)Nc5ccc(CNC[C@@H](O)CC(=O)O)c(Cl)n5)c4Cl)cccc32)c(Cl)cc1CNC[C@@H](O)CC(=O)O. The summed E-state index contributed by atoms with van der Waals surface area (Å²) in [5, 5.41) is 46.5. The Morgan fingerprint density at radius 1 is 0.852 bits per heavy atom. The summed E-state index contributed by atoms with van der Waals surface area (Å²) >= 11 is 19.8. The molecule has 0 radical (unpaired) electrons. The number of pyridine rings is 2. The second-order valence-corrected chi connectivity index (χ2v) is 13.6. The number of nitrogens with zero attached hydrogens (tertiary/aromatic N) is 2. The van der Waals surface area contributed by atoms with Gasteiger partial charge in [-0.05, 0) is 47.7 Å². The number of carboxylic acid groups (broad SMARTS) is 2. The van der Waals surface area contributed by atoms with Crippen LogP contribution in [0.25, 0.3) is 11.1 Å². The maximum atomic E-state index is 13.4. The molecule has 54 heavy (non-hydrogen) atoms. The van der Waals surface area contributed by atoms with Gasteiger partial charge in [0.25, 0.3) is 5.91 Å². The van der Waals surface area contributed by atoms with E-state index in [9.17, 15) is 24.6 Å². The van der Waals surface area contributed by atoms with E-state index in [0.717, 1.165) is 16.7 Å². The molecule has 0 unspecified atom stereocenters.